The highest BCUT2D eigenvalue weighted by Crippen LogP contribution is 2.23. The van der Waals surface area contributed by atoms with Gasteiger partial charge in [0.05, 0.1) is 17.7 Å². The number of aryl methyl sites for hydroxylation is 2. The second kappa shape index (κ2) is 9.97. The molecule has 33 heavy (non-hydrogen) atoms. The Morgan fingerprint density at radius 3 is 2.58 bits per heavy atom. The van der Waals surface area contributed by atoms with Crippen molar-refractivity contribution in [3.8, 4) is 0 Å². The maximum atomic E-state index is 12.4. The average molecular weight is 466 g/mol. The smallest absolute Gasteiger partial charge is 0.331 e. The van der Waals surface area contributed by atoms with Gasteiger partial charge in [0.1, 0.15) is 5.76 Å². The fourth-order valence-corrected chi connectivity index (χ4v) is 4.59. The van der Waals surface area contributed by atoms with Gasteiger partial charge in [0.25, 0.3) is 0 Å². The van der Waals surface area contributed by atoms with E-state index in [2.05, 4.69) is 4.72 Å². The second-order valence-corrected chi connectivity index (χ2v) is 9.44. The number of carbonyl (C=O) groups excluding carboxylic acids is 2. The quantitative estimate of drug-likeness (QED) is 0.294. The summed E-state index contributed by atoms with van der Waals surface area (Å²) < 4.78 is 37.3. The number of ketones is 1. The largest absolute Gasteiger partial charge is 0.468 e. The van der Waals surface area contributed by atoms with Crippen LogP contribution in [0.4, 0.5) is 0 Å². The van der Waals surface area contributed by atoms with Crippen molar-refractivity contribution in [1.82, 2.24) is 4.72 Å². The van der Waals surface area contributed by atoms with Crippen molar-refractivity contribution in [1.29, 1.82) is 0 Å². The van der Waals surface area contributed by atoms with E-state index in [1.807, 2.05) is 12.1 Å². The molecule has 8 heteroatoms. The molecule has 1 aromatic heterocycles. The van der Waals surface area contributed by atoms with Gasteiger partial charge in [-0.25, -0.2) is 17.9 Å². The highest BCUT2D eigenvalue weighted by Gasteiger charge is 2.15. The minimum Gasteiger partial charge on any atom is -0.468 e. The van der Waals surface area contributed by atoms with Crippen molar-refractivity contribution in [2.45, 2.75) is 30.7 Å². The van der Waals surface area contributed by atoms with Crippen molar-refractivity contribution in [2.75, 3.05) is 6.61 Å². The Labute approximate surface area is 192 Å². The molecule has 1 aliphatic rings. The number of hydrogen-bond acceptors (Lipinski definition) is 6. The summed E-state index contributed by atoms with van der Waals surface area (Å²) in [5, 5.41) is 0. The number of hydrogen-bond donors (Lipinski definition) is 1. The Kier molecular flexibility index (Phi) is 6.86. The van der Waals surface area contributed by atoms with Crippen LogP contribution in [-0.2, 0) is 38.9 Å². The number of ether oxygens (including phenoxy) is 1. The summed E-state index contributed by atoms with van der Waals surface area (Å²) in [5.74, 6) is -0.393. The van der Waals surface area contributed by atoms with Crippen molar-refractivity contribution in [2.24, 2.45) is 0 Å². The van der Waals surface area contributed by atoms with Crippen molar-refractivity contribution < 1.29 is 27.2 Å². The Morgan fingerprint density at radius 1 is 1.03 bits per heavy atom. The molecule has 0 atom stereocenters. The van der Waals surface area contributed by atoms with Gasteiger partial charge in [-0.2, -0.15) is 0 Å². The highest BCUT2D eigenvalue weighted by atomic mass is 32.2. The molecule has 0 fully saturated rings. The molecule has 7 nitrogen and oxygen atoms in total. The molecule has 0 radical (unpaired) electrons. The summed E-state index contributed by atoms with van der Waals surface area (Å²) in [4.78, 5) is 24.4. The molecule has 1 aliphatic carbocycles. The fourth-order valence-electron chi connectivity index (χ4n) is 3.60. The second-order valence-electron chi connectivity index (χ2n) is 7.67. The standard InChI is InChI=1S/C25H23NO6S/c27-24(21-10-9-19-3-1-4-20(19)15-21)17-32-25(28)13-8-18-6-11-23(12-7-18)33(29,30)26-16-22-5-2-14-31-22/h2,5-15,26H,1,3-4,16-17H2/b13-8+. The molecule has 0 spiro atoms. The van der Waals surface area contributed by atoms with E-state index in [0.29, 0.717) is 16.9 Å². The van der Waals surface area contributed by atoms with Gasteiger partial charge >= 0.3 is 5.97 Å². The van der Waals surface area contributed by atoms with Gasteiger partial charge in [-0.05, 0) is 72.4 Å². The zero-order chi connectivity index (χ0) is 23.3. The van der Waals surface area contributed by atoms with Crippen LogP contribution in [0.1, 0.15) is 39.2 Å². The molecule has 0 aliphatic heterocycles. The normalized spacial score (nSPS) is 13.2. The van der Waals surface area contributed by atoms with Crippen LogP contribution in [0.15, 0.2) is 76.2 Å². The summed E-state index contributed by atoms with van der Waals surface area (Å²) >= 11 is 0. The van der Waals surface area contributed by atoms with E-state index < -0.39 is 16.0 Å². The predicted molar refractivity (Wildman–Crippen MR) is 122 cm³/mol. The van der Waals surface area contributed by atoms with E-state index >= 15 is 0 Å². The third kappa shape index (κ3) is 5.85. The maximum absolute atomic E-state index is 12.4. The zero-order valence-electron chi connectivity index (χ0n) is 17.8. The van der Waals surface area contributed by atoms with Crippen molar-refractivity contribution in [3.05, 3.63) is 95.0 Å². The molecule has 0 amide bonds. The zero-order valence-corrected chi connectivity index (χ0v) is 18.6. The van der Waals surface area contributed by atoms with E-state index in [1.165, 1.54) is 41.7 Å². The summed E-state index contributed by atoms with van der Waals surface area (Å²) in [5.41, 5.74) is 3.62. The van der Waals surface area contributed by atoms with Crippen molar-refractivity contribution >= 4 is 27.9 Å². The first-order valence-electron chi connectivity index (χ1n) is 10.5. The molecule has 0 saturated carbocycles. The maximum Gasteiger partial charge on any atom is 0.331 e. The number of Topliss-reactive ketones (excluding diaryl/α,β-unsaturated/α-hetero) is 1. The van der Waals surface area contributed by atoms with E-state index in [1.54, 1.807) is 30.3 Å². The topological polar surface area (TPSA) is 103 Å². The molecule has 170 valence electrons. The summed E-state index contributed by atoms with van der Waals surface area (Å²) in [7, 11) is -3.70. The molecular formula is C25H23NO6S. The van der Waals surface area contributed by atoms with Gasteiger partial charge in [-0.3, -0.25) is 4.79 Å². The number of furan rings is 1. The molecule has 4 rings (SSSR count). The molecule has 1 heterocycles. The van der Waals surface area contributed by atoms with Crippen LogP contribution < -0.4 is 4.72 Å². The minimum atomic E-state index is -3.70. The Morgan fingerprint density at radius 2 is 1.82 bits per heavy atom. The SMILES string of the molecule is O=C(/C=C/c1ccc(S(=O)(=O)NCc2ccco2)cc1)OCC(=O)c1ccc2c(c1)CCC2. The molecule has 1 N–H and O–H groups in total. The van der Waals surface area contributed by atoms with Gasteiger partial charge in [0, 0.05) is 11.6 Å². The van der Waals surface area contributed by atoms with Gasteiger partial charge in [0.2, 0.25) is 10.0 Å². The van der Waals surface area contributed by atoms with E-state index in [-0.39, 0.29) is 23.8 Å². The van der Waals surface area contributed by atoms with Crippen molar-refractivity contribution in [3.63, 3.8) is 0 Å². The average Bonchev–Trinajstić information content (AvgIpc) is 3.51. The van der Waals surface area contributed by atoms with Gasteiger partial charge in [-0.1, -0.05) is 24.3 Å². The predicted octanol–water partition coefficient (Wildman–Crippen LogP) is 3.69. The molecule has 2 aromatic carbocycles. The first-order chi connectivity index (χ1) is 15.9. The lowest BCUT2D eigenvalue weighted by molar-refractivity contribution is -0.136. The number of carbonyl (C=O) groups is 2. The molecule has 0 unspecified atom stereocenters. The Hall–Kier alpha value is -3.49. The van der Waals surface area contributed by atoms with Crippen LogP contribution in [0.5, 0.6) is 0 Å². The third-order valence-electron chi connectivity index (χ3n) is 5.38. The van der Waals surface area contributed by atoms with Crippen LogP contribution in [-0.4, -0.2) is 26.8 Å². The third-order valence-corrected chi connectivity index (χ3v) is 6.80. The van der Waals surface area contributed by atoms with Gasteiger partial charge < -0.3 is 9.15 Å². The number of sulfonamides is 1. The van der Waals surface area contributed by atoms with Crippen LogP contribution in [0.25, 0.3) is 6.08 Å². The first-order valence-corrected chi connectivity index (χ1v) is 12.0. The Bertz CT molecular complexity index is 1270. The molecular weight excluding hydrogens is 442 g/mol. The van der Waals surface area contributed by atoms with Crippen LogP contribution in [0, 0.1) is 0 Å². The number of nitrogens with one attached hydrogen (secondary N) is 1. The highest BCUT2D eigenvalue weighted by molar-refractivity contribution is 7.89. The number of benzene rings is 2. The first kappa shape index (κ1) is 22.7. The van der Waals surface area contributed by atoms with Gasteiger partial charge in [0.15, 0.2) is 12.4 Å². The van der Waals surface area contributed by atoms with Gasteiger partial charge in [-0.15, -0.1) is 0 Å². The monoisotopic (exact) mass is 465 g/mol. The lowest BCUT2D eigenvalue weighted by Gasteiger charge is -2.06. The minimum absolute atomic E-state index is 0.0486. The van der Waals surface area contributed by atoms with E-state index in [4.69, 9.17) is 9.15 Å². The lowest BCUT2D eigenvalue weighted by Crippen LogP contribution is -2.22. The lowest BCUT2D eigenvalue weighted by atomic mass is 10.0. The van der Waals surface area contributed by atoms with Crippen LogP contribution >= 0.6 is 0 Å². The summed E-state index contributed by atoms with van der Waals surface area (Å²) in [6.07, 6.45) is 7.28. The van der Waals surface area contributed by atoms with E-state index in [9.17, 15) is 18.0 Å². The van der Waals surface area contributed by atoms with Crippen LogP contribution in [0.2, 0.25) is 0 Å². The number of rotatable bonds is 9. The Balaban J connectivity index is 1.28. The van der Waals surface area contributed by atoms with E-state index in [0.717, 1.165) is 19.3 Å². The molecule has 3 aromatic rings. The summed E-state index contributed by atoms with van der Waals surface area (Å²) in [6, 6.07) is 15.0. The fraction of sp³-hybridized carbons (Fsp3) is 0.200. The van der Waals surface area contributed by atoms with Crippen LogP contribution in [0.3, 0.4) is 0 Å². The number of fused-ring (bicyclic) bond motifs is 1. The summed E-state index contributed by atoms with van der Waals surface area (Å²) in [6.45, 7) is -0.284. The molecule has 0 saturated heterocycles. The molecule has 0 bridgehead atoms. The number of esters is 1.